The standard InChI is InChI=1S/C36H29F3N4O2/c37-36(38,39)26-14-12-23(13-15-26)29-9-2-3-10-31(29)35(45)43-27-16-17-30-25(19-27)21-42-34(30)33(44)20-24-7-1-4-11-32(24)41-22-28-8-5-6-18-40-28/h1-19,34,41-42H,20-22H2,(H,43,45). The average Bonchev–Trinajstić information content (AvgIpc) is 3.48. The van der Waals surface area contributed by atoms with Crippen LogP contribution in [0.4, 0.5) is 24.5 Å². The number of alkyl halides is 3. The number of hydrogen-bond donors (Lipinski definition) is 3. The van der Waals surface area contributed by atoms with E-state index in [9.17, 15) is 22.8 Å². The van der Waals surface area contributed by atoms with Crippen LogP contribution in [0.15, 0.2) is 115 Å². The van der Waals surface area contributed by atoms with Crippen molar-refractivity contribution >= 4 is 23.1 Å². The molecule has 1 unspecified atom stereocenters. The number of halogens is 3. The van der Waals surface area contributed by atoms with Gasteiger partial charge in [0.25, 0.3) is 5.91 Å². The molecule has 0 bridgehead atoms. The van der Waals surface area contributed by atoms with Crippen molar-refractivity contribution in [3.8, 4) is 11.1 Å². The number of benzene rings is 4. The van der Waals surface area contributed by atoms with Crippen molar-refractivity contribution in [2.75, 3.05) is 10.6 Å². The number of anilines is 2. The van der Waals surface area contributed by atoms with Crippen molar-refractivity contribution in [3.63, 3.8) is 0 Å². The maximum atomic E-state index is 13.5. The summed E-state index contributed by atoms with van der Waals surface area (Å²) in [6, 6.07) is 30.0. The molecule has 5 aromatic rings. The molecule has 0 saturated heterocycles. The van der Waals surface area contributed by atoms with Crippen LogP contribution in [-0.2, 0) is 30.5 Å². The predicted molar refractivity (Wildman–Crippen MR) is 168 cm³/mol. The maximum absolute atomic E-state index is 13.5. The highest BCUT2D eigenvalue weighted by Gasteiger charge is 2.31. The Kier molecular flexibility index (Phi) is 8.44. The number of amides is 1. The first-order chi connectivity index (χ1) is 21.8. The van der Waals surface area contributed by atoms with Gasteiger partial charge in [0, 0.05) is 36.1 Å². The van der Waals surface area contributed by atoms with Gasteiger partial charge in [-0.3, -0.25) is 19.9 Å². The van der Waals surface area contributed by atoms with Gasteiger partial charge < -0.3 is 10.6 Å². The molecule has 9 heteroatoms. The zero-order valence-corrected chi connectivity index (χ0v) is 24.1. The summed E-state index contributed by atoms with van der Waals surface area (Å²) in [6.07, 6.45) is -2.46. The second-order valence-electron chi connectivity index (χ2n) is 10.8. The molecule has 1 aliphatic rings. The SMILES string of the molecule is O=C(Nc1ccc2c(c1)CNC2C(=O)Cc1ccccc1NCc1ccccn1)c1ccccc1-c1ccc(C(F)(F)F)cc1. The van der Waals surface area contributed by atoms with Gasteiger partial charge in [-0.2, -0.15) is 13.2 Å². The fourth-order valence-corrected chi connectivity index (χ4v) is 5.52. The molecule has 1 atom stereocenters. The number of rotatable bonds is 9. The lowest BCUT2D eigenvalue weighted by Gasteiger charge is -2.15. The molecule has 1 aliphatic heterocycles. The molecule has 0 saturated carbocycles. The number of Topliss-reactive ketones (excluding diaryl/α,β-unsaturated/α-hetero) is 1. The van der Waals surface area contributed by atoms with Gasteiger partial charge in [-0.25, -0.2) is 0 Å². The number of ketones is 1. The van der Waals surface area contributed by atoms with Crippen molar-refractivity contribution in [2.24, 2.45) is 0 Å². The summed E-state index contributed by atoms with van der Waals surface area (Å²) in [4.78, 5) is 31.1. The van der Waals surface area contributed by atoms with Crippen LogP contribution in [-0.4, -0.2) is 16.7 Å². The van der Waals surface area contributed by atoms with Gasteiger partial charge in [0.1, 0.15) is 0 Å². The van der Waals surface area contributed by atoms with Crippen molar-refractivity contribution in [3.05, 3.63) is 149 Å². The zero-order valence-electron chi connectivity index (χ0n) is 24.1. The Labute approximate surface area is 258 Å². The molecule has 0 aliphatic carbocycles. The fraction of sp³-hybridized carbons (Fsp3) is 0.139. The zero-order chi connectivity index (χ0) is 31.4. The van der Waals surface area contributed by atoms with E-state index in [1.165, 1.54) is 12.1 Å². The molecule has 45 heavy (non-hydrogen) atoms. The minimum absolute atomic E-state index is 0.0306. The van der Waals surface area contributed by atoms with Gasteiger partial charge in [-0.05, 0) is 76.3 Å². The molecular formula is C36H29F3N4O2. The van der Waals surface area contributed by atoms with Crippen LogP contribution < -0.4 is 16.0 Å². The van der Waals surface area contributed by atoms with Gasteiger partial charge in [0.2, 0.25) is 0 Å². The topological polar surface area (TPSA) is 83.1 Å². The predicted octanol–water partition coefficient (Wildman–Crippen LogP) is 7.59. The first-order valence-electron chi connectivity index (χ1n) is 14.4. The minimum atomic E-state index is -4.44. The van der Waals surface area contributed by atoms with E-state index in [-0.39, 0.29) is 18.1 Å². The average molecular weight is 607 g/mol. The van der Waals surface area contributed by atoms with Crippen LogP contribution in [0, 0.1) is 0 Å². The third kappa shape index (κ3) is 6.78. The summed E-state index contributed by atoms with van der Waals surface area (Å²) in [5.41, 5.74) is 5.60. The van der Waals surface area contributed by atoms with E-state index in [0.29, 0.717) is 35.5 Å². The summed E-state index contributed by atoms with van der Waals surface area (Å²) in [5.74, 6) is -0.359. The van der Waals surface area contributed by atoms with E-state index in [1.807, 2.05) is 54.6 Å². The van der Waals surface area contributed by atoms with Crippen molar-refractivity contribution in [2.45, 2.75) is 31.7 Å². The van der Waals surface area contributed by atoms with E-state index < -0.39 is 17.8 Å². The lowest BCUT2D eigenvalue weighted by atomic mass is 9.96. The molecule has 4 aromatic carbocycles. The largest absolute Gasteiger partial charge is 0.416 e. The third-order valence-electron chi connectivity index (χ3n) is 7.79. The lowest BCUT2D eigenvalue weighted by Crippen LogP contribution is -2.24. The summed E-state index contributed by atoms with van der Waals surface area (Å²) < 4.78 is 39.1. The third-order valence-corrected chi connectivity index (χ3v) is 7.79. The molecule has 0 spiro atoms. The van der Waals surface area contributed by atoms with Gasteiger partial charge in [0.05, 0.1) is 23.8 Å². The van der Waals surface area contributed by atoms with E-state index in [2.05, 4.69) is 20.9 Å². The number of nitrogens with one attached hydrogen (secondary N) is 3. The van der Waals surface area contributed by atoms with Crippen LogP contribution in [0.25, 0.3) is 11.1 Å². The van der Waals surface area contributed by atoms with Crippen LogP contribution >= 0.6 is 0 Å². The fourth-order valence-electron chi connectivity index (χ4n) is 5.52. The number of hydrogen-bond acceptors (Lipinski definition) is 5. The Bertz CT molecular complexity index is 1840. The summed E-state index contributed by atoms with van der Waals surface area (Å²) in [7, 11) is 0. The molecule has 6 nitrogen and oxygen atoms in total. The molecule has 0 radical (unpaired) electrons. The van der Waals surface area contributed by atoms with Crippen LogP contribution in [0.3, 0.4) is 0 Å². The van der Waals surface area contributed by atoms with Crippen LogP contribution in [0.1, 0.15) is 44.3 Å². The summed E-state index contributed by atoms with van der Waals surface area (Å²) in [5, 5.41) is 9.60. The highest BCUT2D eigenvalue weighted by atomic mass is 19.4. The molecule has 2 heterocycles. The number of carbonyl (C=O) groups is 2. The highest BCUT2D eigenvalue weighted by Crippen LogP contribution is 2.33. The number of nitrogens with zero attached hydrogens (tertiary/aromatic N) is 1. The smallest absolute Gasteiger partial charge is 0.379 e. The van der Waals surface area contributed by atoms with Gasteiger partial charge >= 0.3 is 6.18 Å². The number of pyridine rings is 1. The Morgan fingerprint density at radius 2 is 1.62 bits per heavy atom. The normalized spacial score (nSPS) is 14.1. The van der Waals surface area contributed by atoms with Gasteiger partial charge in [0.15, 0.2) is 5.78 Å². The quantitative estimate of drug-likeness (QED) is 0.161. The van der Waals surface area contributed by atoms with E-state index in [4.69, 9.17) is 0 Å². The molecule has 0 fully saturated rings. The van der Waals surface area contributed by atoms with Gasteiger partial charge in [-0.15, -0.1) is 0 Å². The number of carbonyl (C=O) groups excluding carboxylic acids is 2. The first-order valence-corrected chi connectivity index (χ1v) is 14.4. The highest BCUT2D eigenvalue weighted by molar-refractivity contribution is 6.08. The second kappa shape index (κ2) is 12.8. The van der Waals surface area contributed by atoms with Crippen molar-refractivity contribution < 1.29 is 22.8 Å². The Morgan fingerprint density at radius 1 is 0.867 bits per heavy atom. The summed E-state index contributed by atoms with van der Waals surface area (Å²) in [6.45, 7) is 1.01. The lowest BCUT2D eigenvalue weighted by molar-refractivity contribution is -0.137. The van der Waals surface area contributed by atoms with Crippen molar-refractivity contribution in [1.29, 1.82) is 0 Å². The molecule has 6 rings (SSSR count). The Hall–Kier alpha value is -5.28. The van der Waals surface area contributed by atoms with E-state index in [1.54, 1.807) is 36.5 Å². The Balaban J connectivity index is 1.14. The minimum Gasteiger partial charge on any atom is -0.379 e. The second-order valence-corrected chi connectivity index (χ2v) is 10.8. The number of para-hydroxylation sites is 1. The molecular weight excluding hydrogens is 577 g/mol. The molecule has 226 valence electrons. The maximum Gasteiger partial charge on any atom is 0.416 e. The Morgan fingerprint density at radius 3 is 2.40 bits per heavy atom. The van der Waals surface area contributed by atoms with Gasteiger partial charge in [-0.1, -0.05) is 60.7 Å². The number of fused-ring (bicyclic) bond motifs is 1. The molecule has 1 amide bonds. The van der Waals surface area contributed by atoms with Crippen molar-refractivity contribution in [1.82, 2.24) is 10.3 Å². The van der Waals surface area contributed by atoms with Crippen LogP contribution in [0.2, 0.25) is 0 Å². The van der Waals surface area contributed by atoms with E-state index >= 15 is 0 Å². The molecule has 1 aromatic heterocycles. The van der Waals surface area contributed by atoms with Crippen LogP contribution in [0.5, 0.6) is 0 Å². The monoisotopic (exact) mass is 606 g/mol. The van der Waals surface area contributed by atoms with E-state index in [0.717, 1.165) is 40.2 Å². The summed E-state index contributed by atoms with van der Waals surface area (Å²) >= 11 is 0. The number of aromatic nitrogens is 1. The molecule has 3 N–H and O–H groups in total. The first kappa shape index (κ1) is 29.8.